The van der Waals surface area contributed by atoms with Crippen LogP contribution < -0.4 is 0 Å². The smallest absolute Gasteiger partial charge is 0.409 e. The summed E-state index contributed by atoms with van der Waals surface area (Å²) >= 11 is 0. The van der Waals surface area contributed by atoms with Crippen molar-refractivity contribution in [3.05, 3.63) is 58.1 Å². The number of carbonyl (C=O) groups excluding carboxylic acids is 4. The number of amides is 2. The monoisotopic (exact) mass is 424 g/mol. The number of ether oxygens (including phenoxy) is 1. The third-order valence-electron chi connectivity index (χ3n) is 5.44. The molecule has 2 aromatic carbocycles. The van der Waals surface area contributed by atoms with E-state index in [1.165, 1.54) is 34.1 Å². The molecule has 1 aliphatic heterocycles. The van der Waals surface area contributed by atoms with Crippen molar-refractivity contribution in [1.82, 2.24) is 9.80 Å². The fourth-order valence-electron chi connectivity index (χ4n) is 3.90. The highest BCUT2D eigenvalue weighted by molar-refractivity contribution is 6.30. The Kier molecular flexibility index (Phi) is 5.10. The van der Waals surface area contributed by atoms with Gasteiger partial charge in [-0.15, -0.1) is 0 Å². The molecule has 1 fully saturated rings. The molecule has 0 unspecified atom stereocenters. The van der Waals surface area contributed by atoms with Crippen LogP contribution in [0.3, 0.4) is 0 Å². The molecular weight excluding hydrogens is 404 g/mol. The highest BCUT2D eigenvalue weighted by Gasteiger charge is 2.35. The highest BCUT2D eigenvalue weighted by Crippen LogP contribution is 2.37. The van der Waals surface area contributed by atoms with Crippen molar-refractivity contribution >= 4 is 23.6 Å². The van der Waals surface area contributed by atoms with E-state index in [0.717, 1.165) is 6.07 Å². The number of hydrogen-bond donors (Lipinski definition) is 2. The van der Waals surface area contributed by atoms with Gasteiger partial charge in [-0.1, -0.05) is 12.1 Å². The molecule has 0 spiro atoms. The van der Waals surface area contributed by atoms with E-state index in [1.807, 2.05) is 0 Å². The molecule has 0 saturated carbocycles. The van der Waals surface area contributed by atoms with Gasteiger partial charge in [-0.25, -0.2) is 4.79 Å². The van der Waals surface area contributed by atoms with Crippen LogP contribution in [0.2, 0.25) is 0 Å². The minimum atomic E-state index is -0.678. The van der Waals surface area contributed by atoms with Crippen LogP contribution >= 0.6 is 0 Å². The molecule has 0 bridgehead atoms. The number of ketones is 2. The lowest BCUT2D eigenvalue weighted by Crippen LogP contribution is -2.50. The van der Waals surface area contributed by atoms with E-state index in [-0.39, 0.29) is 53.3 Å². The van der Waals surface area contributed by atoms with E-state index in [9.17, 15) is 29.4 Å². The summed E-state index contributed by atoms with van der Waals surface area (Å²) in [4.78, 5) is 53.5. The van der Waals surface area contributed by atoms with Crippen molar-refractivity contribution in [2.24, 2.45) is 0 Å². The molecule has 1 aliphatic carbocycles. The summed E-state index contributed by atoms with van der Waals surface area (Å²) in [6.45, 7) is 3.10. The number of phenolic OH excluding ortho intramolecular Hbond substituents is 2. The van der Waals surface area contributed by atoms with Crippen molar-refractivity contribution < 1.29 is 34.1 Å². The summed E-state index contributed by atoms with van der Waals surface area (Å²) in [6.07, 6.45) is -0.438. The number of carbonyl (C=O) groups is 4. The highest BCUT2D eigenvalue weighted by atomic mass is 16.6. The van der Waals surface area contributed by atoms with Crippen molar-refractivity contribution in [3.63, 3.8) is 0 Å². The molecule has 0 radical (unpaired) electrons. The first-order valence-corrected chi connectivity index (χ1v) is 9.82. The molecule has 9 nitrogen and oxygen atoms in total. The number of fused-ring (bicyclic) bond motifs is 2. The van der Waals surface area contributed by atoms with Crippen LogP contribution in [0.15, 0.2) is 30.3 Å². The second-order valence-electron chi connectivity index (χ2n) is 7.25. The van der Waals surface area contributed by atoms with Crippen LogP contribution in [0.25, 0.3) is 0 Å². The first-order chi connectivity index (χ1) is 14.8. The van der Waals surface area contributed by atoms with Gasteiger partial charge in [0.25, 0.3) is 5.91 Å². The number of piperazine rings is 1. The van der Waals surface area contributed by atoms with Gasteiger partial charge in [0, 0.05) is 42.9 Å². The second-order valence-corrected chi connectivity index (χ2v) is 7.25. The van der Waals surface area contributed by atoms with E-state index in [1.54, 1.807) is 6.92 Å². The van der Waals surface area contributed by atoms with Crippen LogP contribution in [0.5, 0.6) is 11.5 Å². The zero-order valence-electron chi connectivity index (χ0n) is 16.8. The van der Waals surface area contributed by atoms with Gasteiger partial charge in [-0.2, -0.15) is 0 Å². The van der Waals surface area contributed by atoms with Gasteiger partial charge < -0.3 is 24.7 Å². The lowest BCUT2D eigenvalue weighted by atomic mass is 9.82. The van der Waals surface area contributed by atoms with Gasteiger partial charge in [0.05, 0.1) is 17.7 Å². The molecule has 1 saturated heterocycles. The van der Waals surface area contributed by atoms with E-state index >= 15 is 0 Å². The third-order valence-corrected chi connectivity index (χ3v) is 5.44. The Hall–Kier alpha value is -3.88. The van der Waals surface area contributed by atoms with Crippen LogP contribution in [-0.4, -0.2) is 76.4 Å². The molecule has 2 aliphatic rings. The Morgan fingerprint density at radius 3 is 2.23 bits per heavy atom. The Morgan fingerprint density at radius 2 is 1.55 bits per heavy atom. The second kappa shape index (κ2) is 7.75. The largest absolute Gasteiger partial charge is 0.507 e. The van der Waals surface area contributed by atoms with E-state index in [2.05, 4.69) is 0 Å². The molecule has 4 rings (SSSR count). The minimum Gasteiger partial charge on any atom is -0.507 e. The first kappa shape index (κ1) is 20.4. The Morgan fingerprint density at radius 1 is 0.903 bits per heavy atom. The first-order valence-electron chi connectivity index (χ1n) is 9.82. The average Bonchev–Trinajstić information content (AvgIpc) is 2.76. The number of aromatic hydroxyl groups is 2. The van der Waals surface area contributed by atoms with Crippen molar-refractivity contribution in [3.8, 4) is 11.5 Å². The number of benzene rings is 2. The summed E-state index contributed by atoms with van der Waals surface area (Å²) in [6, 6.07) is 6.60. The fourth-order valence-corrected chi connectivity index (χ4v) is 3.90. The zero-order valence-corrected chi connectivity index (χ0v) is 16.8. The summed E-state index contributed by atoms with van der Waals surface area (Å²) in [5, 5.41) is 20.5. The molecule has 1 heterocycles. The maximum Gasteiger partial charge on any atom is 0.409 e. The SMILES string of the molecule is CCOC(=O)N1CCN(C(=O)c2cc(O)c3c(c2)C(=O)c2cccc(O)c2C3=O)CC1. The van der Waals surface area contributed by atoms with E-state index < -0.39 is 29.3 Å². The summed E-state index contributed by atoms with van der Waals surface area (Å²) in [7, 11) is 0. The van der Waals surface area contributed by atoms with Crippen molar-refractivity contribution in [1.29, 1.82) is 0 Å². The van der Waals surface area contributed by atoms with Gasteiger partial charge >= 0.3 is 6.09 Å². The quantitative estimate of drug-likeness (QED) is 0.643. The lowest BCUT2D eigenvalue weighted by molar-refractivity contribution is 0.0570. The fraction of sp³-hybridized carbons (Fsp3) is 0.273. The summed E-state index contributed by atoms with van der Waals surface area (Å²) < 4.78 is 4.96. The molecular formula is C22H20N2O7. The van der Waals surface area contributed by atoms with Gasteiger partial charge in [0.2, 0.25) is 5.78 Å². The zero-order chi connectivity index (χ0) is 22.3. The summed E-state index contributed by atoms with van der Waals surface area (Å²) in [5.41, 5.74) is -0.404. The summed E-state index contributed by atoms with van der Waals surface area (Å²) in [5.74, 6) is -2.51. The molecule has 9 heteroatoms. The molecule has 2 amide bonds. The van der Waals surface area contributed by atoms with Crippen LogP contribution in [0, 0.1) is 0 Å². The van der Waals surface area contributed by atoms with Crippen molar-refractivity contribution in [2.75, 3.05) is 32.8 Å². The van der Waals surface area contributed by atoms with Crippen LogP contribution in [-0.2, 0) is 4.74 Å². The van der Waals surface area contributed by atoms with Crippen LogP contribution in [0.4, 0.5) is 4.79 Å². The topological polar surface area (TPSA) is 124 Å². The molecule has 0 atom stereocenters. The predicted molar refractivity (Wildman–Crippen MR) is 108 cm³/mol. The number of nitrogens with zero attached hydrogens (tertiary/aromatic N) is 2. The lowest BCUT2D eigenvalue weighted by Gasteiger charge is -2.34. The Bertz CT molecular complexity index is 1120. The average molecular weight is 424 g/mol. The van der Waals surface area contributed by atoms with Crippen molar-refractivity contribution in [2.45, 2.75) is 6.92 Å². The molecule has 160 valence electrons. The minimum absolute atomic E-state index is 0.0181. The van der Waals surface area contributed by atoms with Gasteiger partial charge in [-0.05, 0) is 25.1 Å². The van der Waals surface area contributed by atoms with Crippen LogP contribution in [0.1, 0.15) is 49.1 Å². The standard InChI is InChI=1S/C22H20N2O7/c1-2-31-22(30)24-8-6-23(7-9-24)21(29)12-10-14-18(16(26)11-12)20(28)17-13(19(14)27)4-3-5-15(17)25/h3-5,10-11,25-26H,2,6-9H2,1H3. The maximum absolute atomic E-state index is 13.0. The predicted octanol–water partition coefficient (Wildman–Crippen LogP) is 1.79. The van der Waals surface area contributed by atoms with Gasteiger partial charge in [0.15, 0.2) is 5.78 Å². The Labute approximate surface area is 177 Å². The molecule has 0 aromatic heterocycles. The van der Waals surface area contributed by atoms with E-state index in [4.69, 9.17) is 4.74 Å². The van der Waals surface area contributed by atoms with Gasteiger partial charge in [-0.3, -0.25) is 14.4 Å². The van der Waals surface area contributed by atoms with Gasteiger partial charge in [0.1, 0.15) is 11.5 Å². The molecule has 2 aromatic rings. The number of hydrogen-bond acceptors (Lipinski definition) is 7. The maximum atomic E-state index is 13.0. The molecule has 31 heavy (non-hydrogen) atoms. The molecule has 2 N–H and O–H groups in total. The number of rotatable bonds is 2. The van der Waals surface area contributed by atoms with E-state index in [0.29, 0.717) is 13.1 Å². The normalized spacial score (nSPS) is 15.4. The third kappa shape index (κ3) is 3.37. The Balaban J connectivity index is 1.61. The number of phenols is 2.